The minimum absolute atomic E-state index is 0.00925. The van der Waals surface area contributed by atoms with E-state index in [4.69, 9.17) is 10.7 Å². The Labute approximate surface area is 304 Å². The third kappa shape index (κ3) is 8.56. The number of carbonyl (C=O) groups is 1. The summed E-state index contributed by atoms with van der Waals surface area (Å²) in [5.74, 6) is -1.72. The molecule has 5 aromatic rings. The zero-order valence-electron chi connectivity index (χ0n) is 29.2. The van der Waals surface area contributed by atoms with E-state index in [9.17, 15) is 23.1 Å². The van der Waals surface area contributed by atoms with Crippen LogP contribution in [-0.2, 0) is 16.9 Å². The van der Waals surface area contributed by atoms with Gasteiger partial charge in [-0.2, -0.15) is 5.10 Å². The van der Waals surface area contributed by atoms with E-state index < -0.39 is 17.2 Å². The number of nitrogen functional groups attached to an aromatic ring is 1. The normalized spacial score (nSPS) is 17.5. The molecule has 13 nitrogen and oxygen atoms in total. The van der Waals surface area contributed by atoms with Crippen molar-refractivity contribution in [3.63, 3.8) is 0 Å². The summed E-state index contributed by atoms with van der Waals surface area (Å²) in [4.78, 5) is 34.5. The number of β-amino-alcohol motifs (C(OH)–C–C–N with tert-alkyl or cyclic N) is 1. The van der Waals surface area contributed by atoms with Crippen LogP contribution in [0.1, 0.15) is 43.7 Å². The molecule has 5 heterocycles. The summed E-state index contributed by atoms with van der Waals surface area (Å²) in [5.41, 5.74) is 7.16. The number of nitrogens with two attached hydrogens (primary N) is 1. The van der Waals surface area contributed by atoms with Crippen LogP contribution >= 0.6 is 0 Å². The Morgan fingerprint density at radius 3 is 2.34 bits per heavy atom. The Bertz CT molecular complexity index is 1990. The highest BCUT2D eigenvalue weighted by Gasteiger charge is 2.37. The maximum absolute atomic E-state index is 14.9. The number of piperidine rings is 2. The summed E-state index contributed by atoms with van der Waals surface area (Å²) >= 11 is 0. The number of benzene rings is 2. The number of rotatable bonds is 12. The molecule has 0 bridgehead atoms. The lowest BCUT2D eigenvalue weighted by Gasteiger charge is -2.38. The van der Waals surface area contributed by atoms with E-state index in [0.717, 1.165) is 49.3 Å². The third-order valence-corrected chi connectivity index (χ3v) is 10.2. The number of carbonyl (C=O) groups excluding carboxylic acids is 1. The van der Waals surface area contributed by atoms with Gasteiger partial charge in [-0.1, -0.05) is 6.07 Å². The van der Waals surface area contributed by atoms with E-state index >= 15 is 0 Å². The molecule has 2 aliphatic heterocycles. The number of amides is 1. The van der Waals surface area contributed by atoms with Crippen LogP contribution in [0.25, 0.3) is 22.6 Å². The summed E-state index contributed by atoms with van der Waals surface area (Å²) in [7, 11) is 0. The number of nitrogens with one attached hydrogen (secondary N) is 1. The molecular weight excluding hydrogens is 687 g/mol. The minimum Gasteiger partial charge on any atom is -0.382 e. The lowest BCUT2D eigenvalue weighted by Crippen LogP contribution is -2.50. The van der Waals surface area contributed by atoms with E-state index in [0.29, 0.717) is 50.3 Å². The van der Waals surface area contributed by atoms with Crippen LogP contribution in [0.4, 0.5) is 19.1 Å². The van der Waals surface area contributed by atoms with E-state index in [1.807, 2.05) is 11.2 Å². The van der Waals surface area contributed by atoms with Gasteiger partial charge in [0.2, 0.25) is 11.9 Å². The van der Waals surface area contributed by atoms with Crippen molar-refractivity contribution in [1.82, 2.24) is 49.4 Å². The van der Waals surface area contributed by atoms with Gasteiger partial charge in [-0.25, -0.2) is 37.8 Å². The largest absolute Gasteiger partial charge is 0.382 e. The molecule has 0 spiro atoms. The Morgan fingerprint density at radius 2 is 1.64 bits per heavy atom. The Balaban J connectivity index is 0.902. The highest BCUT2D eigenvalue weighted by Crippen LogP contribution is 2.36. The highest BCUT2D eigenvalue weighted by atomic mass is 19.1. The molecule has 1 amide bonds. The van der Waals surface area contributed by atoms with Crippen LogP contribution in [0.2, 0.25) is 0 Å². The third-order valence-electron chi connectivity index (χ3n) is 10.2. The number of hydrogen-bond donors (Lipinski definition) is 3. The first-order valence-electron chi connectivity index (χ1n) is 17.8. The van der Waals surface area contributed by atoms with Crippen LogP contribution in [0, 0.1) is 17.5 Å². The average Bonchev–Trinajstić information content (AvgIpc) is 3.83. The topological polar surface area (TPSA) is 156 Å². The van der Waals surface area contributed by atoms with E-state index in [1.165, 1.54) is 35.5 Å². The molecule has 0 saturated carbocycles. The number of aromatic nitrogens is 7. The van der Waals surface area contributed by atoms with Crippen molar-refractivity contribution in [3.8, 4) is 22.6 Å². The lowest BCUT2D eigenvalue weighted by atomic mass is 9.91. The van der Waals surface area contributed by atoms with Crippen LogP contribution in [0.3, 0.4) is 0 Å². The fourth-order valence-electron chi connectivity index (χ4n) is 7.47. The van der Waals surface area contributed by atoms with Gasteiger partial charge in [0.1, 0.15) is 35.7 Å². The molecule has 7 rings (SSSR count). The molecular formula is C37H42F3N11O2. The van der Waals surface area contributed by atoms with Crippen molar-refractivity contribution in [2.75, 3.05) is 45.0 Å². The molecule has 0 aliphatic carbocycles. The number of aliphatic hydroxyl groups is 1. The number of likely N-dealkylation sites (tertiary alicyclic amines) is 2. The second kappa shape index (κ2) is 15.8. The predicted octanol–water partition coefficient (Wildman–Crippen LogP) is 3.79. The molecule has 1 atom stereocenters. The molecule has 278 valence electrons. The number of anilines is 1. The van der Waals surface area contributed by atoms with Gasteiger partial charge >= 0.3 is 0 Å². The molecule has 0 radical (unpaired) electrons. The summed E-state index contributed by atoms with van der Waals surface area (Å²) in [6, 6.07) is 11.3. The lowest BCUT2D eigenvalue weighted by molar-refractivity contribution is -0.122. The van der Waals surface area contributed by atoms with Crippen molar-refractivity contribution in [3.05, 3.63) is 96.7 Å². The summed E-state index contributed by atoms with van der Waals surface area (Å²) in [6.07, 6.45) is 9.61. The molecule has 53 heavy (non-hydrogen) atoms. The van der Waals surface area contributed by atoms with Crippen molar-refractivity contribution >= 4 is 11.9 Å². The zero-order valence-corrected chi connectivity index (χ0v) is 29.2. The fourth-order valence-corrected chi connectivity index (χ4v) is 7.47. The van der Waals surface area contributed by atoms with Gasteiger partial charge < -0.3 is 25.6 Å². The summed E-state index contributed by atoms with van der Waals surface area (Å²) < 4.78 is 45.8. The van der Waals surface area contributed by atoms with Gasteiger partial charge in [-0.05, 0) is 62.1 Å². The summed E-state index contributed by atoms with van der Waals surface area (Å²) in [6.45, 7) is 3.46. The quantitative estimate of drug-likeness (QED) is 0.173. The van der Waals surface area contributed by atoms with Crippen molar-refractivity contribution in [1.29, 1.82) is 0 Å². The Hall–Kier alpha value is -5.19. The highest BCUT2D eigenvalue weighted by molar-refractivity contribution is 5.77. The molecule has 2 fully saturated rings. The van der Waals surface area contributed by atoms with E-state index in [2.05, 4.69) is 34.8 Å². The maximum Gasteiger partial charge on any atom is 0.221 e. The summed E-state index contributed by atoms with van der Waals surface area (Å²) in [5, 5.41) is 18.9. The van der Waals surface area contributed by atoms with Crippen LogP contribution in [0.15, 0.2) is 73.7 Å². The van der Waals surface area contributed by atoms with E-state index in [-0.39, 0.29) is 48.4 Å². The fraction of sp³-hybridized carbons (Fsp3) is 0.405. The van der Waals surface area contributed by atoms with Gasteiger partial charge in [0.25, 0.3) is 0 Å². The minimum atomic E-state index is -1.68. The van der Waals surface area contributed by atoms with Gasteiger partial charge in [-0.3, -0.25) is 9.69 Å². The number of nitrogens with zero attached hydrogens (tertiary/aromatic N) is 9. The first-order valence-corrected chi connectivity index (χ1v) is 17.8. The molecule has 3 aromatic heterocycles. The van der Waals surface area contributed by atoms with Crippen LogP contribution < -0.4 is 11.1 Å². The maximum atomic E-state index is 14.9. The SMILES string of the molecule is Nc1nccc(-c2c(-c3ccc(F)cc3)ncn2C2CCN(CCC(=O)NC3CCN(CC(O)(Cn4cncn4)c4ccc(F)cc4F)CC3)CC2)n1. The smallest absolute Gasteiger partial charge is 0.221 e. The first kappa shape index (κ1) is 36.2. The van der Waals surface area contributed by atoms with Crippen molar-refractivity contribution in [2.24, 2.45) is 0 Å². The average molecular weight is 730 g/mol. The van der Waals surface area contributed by atoms with Gasteiger partial charge in [0, 0.05) is 81.2 Å². The molecule has 4 N–H and O–H groups in total. The first-order chi connectivity index (χ1) is 25.6. The van der Waals surface area contributed by atoms with Gasteiger partial charge in [-0.15, -0.1) is 0 Å². The predicted molar refractivity (Wildman–Crippen MR) is 190 cm³/mol. The number of hydrogen-bond acceptors (Lipinski definition) is 10. The van der Waals surface area contributed by atoms with Crippen LogP contribution in [0.5, 0.6) is 0 Å². The van der Waals surface area contributed by atoms with Crippen molar-refractivity contribution in [2.45, 2.75) is 56.3 Å². The second-order valence-corrected chi connectivity index (χ2v) is 13.8. The number of imidazole rings is 1. The van der Waals surface area contributed by atoms with Gasteiger partial charge in [0.15, 0.2) is 0 Å². The Kier molecular flexibility index (Phi) is 10.8. The van der Waals surface area contributed by atoms with Crippen molar-refractivity contribution < 1.29 is 23.1 Å². The molecule has 2 aliphatic rings. The standard InChI is InChI=1S/C37H42F3N11O2/c38-26-3-1-25(2-4-26)34-35(32-7-13-43-36(41)47-32)51(24-44-34)29-10-16-48(17-11-29)18-12-33(52)46-28-8-14-49(15-9-28)20-37(53,21-50-23-42-22-45-50)30-6-5-27(39)19-31(30)40/h1-7,13,19,22-24,28-29,53H,8-12,14-18,20-21H2,(H,46,52)(H2,41,43,47). The Morgan fingerprint density at radius 1 is 0.906 bits per heavy atom. The van der Waals surface area contributed by atoms with E-state index in [1.54, 1.807) is 24.4 Å². The molecule has 1 unspecified atom stereocenters. The van der Waals surface area contributed by atoms with Gasteiger partial charge in [0.05, 0.1) is 30.0 Å². The molecule has 2 saturated heterocycles. The van der Waals surface area contributed by atoms with Crippen LogP contribution in [-0.4, -0.2) is 100 Å². The second-order valence-electron chi connectivity index (χ2n) is 13.8. The molecule has 16 heteroatoms. The molecule has 2 aromatic carbocycles. The zero-order chi connectivity index (χ0) is 37.0. The number of halogens is 3. The monoisotopic (exact) mass is 729 g/mol.